The Kier molecular flexibility index (Phi) is 7.35. The van der Waals surface area contributed by atoms with Crippen LogP contribution in [0, 0.1) is 5.82 Å². The number of ether oxygens (including phenoxy) is 1. The van der Waals surface area contributed by atoms with Crippen molar-refractivity contribution in [3.8, 4) is 17.1 Å². The van der Waals surface area contributed by atoms with Crippen LogP contribution in [0.1, 0.15) is 15.9 Å². The molecule has 4 rings (SSSR count). The van der Waals surface area contributed by atoms with Gasteiger partial charge in [-0.3, -0.25) is 14.4 Å². The minimum atomic E-state index is -0.880. The predicted molar refractivity (Wildman–Crippen MR) is 130 cm³/mol. The highest BCUT2D eigenvalue weighted by molar-refractivity contribution is 6.43. The molecule has 36 heavy (non-hydrogen) atoms. The van der Waals surface area contributed by atoms with Crippen molar-refractivity contribution in [1.29, 1.82) is 0 Å². The van der Waals surface area contributed by atoms with E-state index < -0.39 is 23.5 Å². The van der Waals surface area contributed by atoms with Gasteiger partial charge in [-0.15, -0.1) is 0 Å². The number of nitrogens with zero attached hydrogens (tertiary/aromatic N) is 1. The van der Waals surface area contributed by atoms with E-state index in [2.05, 4.69) is 20.9 Å². The summed E-state index contributed by atoms with van der Waals surface area (Å²) in [6, 6.07) is 16.8. The van der Waals surface area contributed by atoms with E-state index in [9.17, 15) is 18.8 Å². The molecule has 10 heteroatoms. The molecule has 3 aromatic carbocycles. The monoisotopic (exact) mass is 488 g/mol. The fourth-order valence-electron chi connectivity index (χ4n) is 3.37. The Morgan fingerprint density at radius 2 is 1.69 bits per heavy atom. The number of hydrogen-bond donors (Lipinski definition) is 3. The first-order valence-corrected chi connectivity index (χ1v) is 10.7. The van der Waals surface area contributed by atoms with Gasteiger partial charge in [0.15, 0.2) is 12.2 Å². The summed E-state index contributed by atoms with van der Waals surface area (Å²) in [6.07, 6.45) is 2.83. The molecule has 4 aromatic rings. The summed E-state index contributed by atoms with van der Waals surface area (Å²) in [5, 5.41) is 7.73. The molecule has 1 heterocycles. The number of oxazole rings is 1. The molecule has 0 atom stereocenters. The van der Waals surface area contributed by atoms with Gasteiger partial charge in [-0.05, 0) is 48.0 Å². The number of halogens is 1. The first-order chi connectivity index (χ1) is 17.4. The highest BCUT2D eigenvalue weighted by Crippen LogP contribution is 2.32. The van der Waals surface area contributed by atoms with Crippen molar-refractivity contribution in [1.82, 2.24) is 10.3 Å². The number of rotatable bonds is 7. The fraction of sp³-hybridized carbons (Fsp3) is 0.0769. The van der Waals surface area contributed by atoms with Crippen LogP contribution < -0.4 is 20.7 Å². The normalized spacial score (nSPS) is 10.4. The largest absolute Gasteiger partial charge is 0.496 e. The highest BCUT2D eigenvalue weighted by atomic mass is 19.1. The van der Waals surface area contributed by atoms with Crippen LogP contribution in [0.2, 0.25) is 0 Å². The second-order valence-corrected chi connectivity index (χ2v) is 7.58. The van der Waals surface area contributed by atoms with Gasteiger partial charge in [0.25, 0.3) is 5.91 Å². The molecule has 0 unspecified atom stereocenters. The maximum atomic E-state index is 13.3. The van der Waals surface area contributed by atoms with Crippen LogP contribution >= 0.6 is 0 Å². The Hall–Kier alpha value is -4.99. The Balaban J connectivity index is 1.35. The standard InChI is InChI=1S/C26H21FN4O5/c1-35-22-12-20(8-9-21(22)23-14-28-15-36-23)31-26(34)25(33)30-19-7-2-4-16(10-19)13-29-24(32)17-5-3-6-18(27)11-17/h2-12,14-15H,13H2,1H3,(H,29,32)(H,30,33)(H,31,34). The molecule has 3 N–H and O–H groups in total. The molecule has 0 aliphatic carbocycles. The van der Waals surface area contributed by atoms with Crippen LogP contribution in [0.3, 0.4) is 0 Å². The highest BCUT2D eigenvalue weighted by Gasteiger charge is 2.16. The lowest BCUT2D eigenvalue weighted by atomic mass is 10.1. The number of benzene rings is 3. The van der Waals surface area contributed by atoms with Crippen LogP contribution in [0.25, 0.3) is 11.3 Å². The third-order valence-electron chi connectivity index (χ3n) is 5.09. The predicted octanol–water partition coefficient (Wildman–Crippen LogP) is 4.00. The Morgan fingerprint density at radius 1 is 0.944 bits per heavy atom. The Labute approximate surface area is 205 Å². The summed E-state index contributed by atoms with van der Waals surface area (Å²) in [7, 11) is 1.47. The maximum Gasteiger partial charge on any atom is 0.314 e. The number of carbonyl (C=O) groups is 3. The SMILES string of the molecule is COc1cc(NC(=O)C(=O)Nc2cccc(CNC(=O)c3cccc(F)c3)c2)ccc1-c1cnco1. The van der Waals surface area contributed by atoms with Crippen molar-refractivity contribution < 1.29 is 27.9 Å². The van der Waals surface area contributed by atoms with Crippen molar-refractivity contribution in [2.75, 3.05) is 17.7 Å². The smallest absolute Gasteiger partial charge is 0.314 e. The maximum absolute atomic E-state index is 13.3. The van der Waals surface area contributed by atoms with E-state index in [0.717, 1.165) is 6.07 Å². The second kappa shape index (κ2) is 11.0. The van der Waals surface area contributed by atoms with Gasteiger partial charge in [0.2, 0.25) is 0 Å². The number of nitrogens with one attached hydrogen (secondary N) is 3. The molecule has 0 fully saturated rings. The summed E-state index contributed by atoms with van der Waals surface area (Å²) in [5.41, 5.74) is 2.22. The zero-order valence-electron chi connectivity index (χ0n) is 19.1. The van der Waals surface area contributed by atoms with Gasteiger partial charge in [0.05, 0.1) is 18.9 Å². The number of anilines is 2. The lowest BCUT2D eigenvalue weighted by Crippen LogP contribution is -2.29. The molecule has 0 radical (unpaired) electrons. The third kappa shape index (κ3) is 5.92. The van der Waals surface area contributed by atoms with Crippen LogP contribution in [-0.4, -0.2) is 29.8 Å². The molecule has 0 aliphatic rings. The van der Waals surface area contributed by atoms with E-state index >= 15 is 0 Å². The average molecular weight is 488 g/mol. The molecule has 3 amide bonds. The molecular weight excluding hydrogens is 467 g/mol. The van der Waals surface area contributed by atoms with Gasteiger partial charge in [-0.2, -0.15) is 0 Å². The van der Waals surface area contributed by atoms with E-state index in [1.807, 2.05) is 0 Å². The van der Waals surface area contributed by atoms with Crippen LogP contribution in [-0.2, 0) is 16.1 Å². The van der Waals surface area contributed by atoms with Crippen LogP contribution in [0.5, 0.6) is 5.75 Å². The first-order valence-electron chi connectivity index (χ1n) is 10.7. The number of hydrogen-bond acceptors (Lipinski definition) is 6. The Bertz CT molecular complexity index is 1410. The van der Waals surface area contributed by atoms with Gasteiger partial charge in [-0.1, -0.05) is 18.2 Å². The van der Waals surface area contributed by atoms with Gasteiger partial charge in [-0.25, -0.2) is 9.37 Å². The molecule has 0 bridgehead atoms. The van der Waals surface area contributed by atoms with Gasteiger partial charge >= 0.3 is 11.8 Å². The summed E-state index contributed by atoms with van der Waals surface area (Å²) < 4.78 is 23.9. The molecule has 182 valence electrons. The van der Waals surface area contributed by atoms with E-state index in [1.165, 1.54) is 37.9 Å². The summed E-state index contributed by atoms with van der Waals surface area (Å²) in [5.74, 6) is -1.78. The van der Waals surface area contributed by atoms with Gasteiger partial charge in [0, 0.05) is 29.5 Å². The molecule has 0 saturated heterocycles. The molecular formula is C26H21FN4O5. The quantitative estimate of drug-likeness (QED) is 0.338. The van der Waals surface area contributed by atoms with E-state index in [4.69, 9.17) is 9.15 Å². The summed E-state index contributed by atoms with van der Waals surface area (Å²) in [4.78, 5) is 41.0. The molecule has 0 saturated carbocycles. The minimum Gasteiger partial charge on any atom is -0.496 e. The number of aromatic nitrogens is 1. The van der Waals surface area contributed by atoms with Gasteiger partial charge < -0.3 is 25.1 Å². The van der Waals surface area contributed by atoms with Crippen molar-refractivity contribution in [3.05, 3.63) is 96.3 Å². The second-order valence-electron chi connectivity index (χ2n) is 7.58. The molecule has 0 aliphatic heterocycles. The first kappa shape index (κ1) is 24.1. The van der Waals surface area contributed by atoms with Crippen molar-refractivity contribution >= 4 is 29.1 Å². The van der Waals surface area contributed by atoms with Crippen molar-refractivity contribution in [3.63, 3.8) is 0 Å². The number of methoxy groups -OCH3 is 1. The molecule has 9 nitrogen and oxygen atoms in total. The lowest BCUT2D eigenvalue weighted by Gasteiger charge is -2.11. The Morgan fingerprint density at radius 3 is 2.39 bits per heavy atom. The molecule has 1 aromatic heterocycles. The summed E-state index contributed by atoms with van der Waals surface area (Å²) >= 11 is 0. The molecule has 0 spiro atoms. The minimum absolute atomic E-state index is 0.141. The number of carbonyl (C=O) groups excluding carboxylic acids is 3. The summed E-state index contributed by atoms with van der Waals surface area (Å²) in [6.45, 7) is 0.141. The van der Waals surface area contributed by atoms with Crippen LogP contribution in [0.15, 0.2) is 83.7 Å². The van der Waals surface area contributed by atoms with Crippen molar-refractivity contribution in [2.45, 2.75) is 6.54 Å². The fourth-order valence-corrected chi connectivity index (χ4v) is 3.37. The topological polar surface area (TPSA) is 123 Å². The zero-order valence-corrected chi connectivity index (χ0v) is 19.1. The van der Waals surface area contributed by atoms with E-state index in [0.29, 0.717) is 34.0 Å². The van der Waals surface area contributed by atoms with Crippen molar-refractivity contribution in [2.24, 2.45) is 0 Å². The average Bonchev–Trinajstić information content (AvgIpc) is 3.42. The van der Waals surface area contributed by atoms with E-state index in [1.54, 1.807) is 42.5 Å². The van der Waals surface area contributed by atoms with Gasteiger partial charge in [0.1, 0.15) is 11.6 Å². The lowest BCUT2D eigenvalue weighted by molar-refractivity contribution is -0.132. The van der Waals surface area contributed by atoms with E-state index in [-0.39, 0.29) is 12.1 Å². The zero-order chi connectivity index (χ0) is 25.5. The number of amides is 3. The third-order valence-corrected chi connectivity index (χ3v) is 5.09. The van der Waals surface area contributed by atoms with Crippen LogP contribution in [0.4, 0.5) is 15.8 Å².